The van der Waals surface area contributed by atoms with Gasteiger partial charge in [-0.15, -0.1) is 0 Å². The monoisotopic (exact) mass is 369 g/mol. The summed E-state index contributed by atoms with van der Waals surface area (Å²) in [7, 11) is 0. The fourth-order valence-corrected chi connectivity index (χ4v) is 3.18. The molecule has 136 valence electrons. The number of rotatable bonds is 4. The van der Waals surface area contributed by atoms with Crippen LogP contribution in [-0.2, 0) is 6.54 Å². The normalized spacial score (nSPS) is 11.1. The molecule has 0 atom stereocenters. The predicted octanol–water partition coefficient (Wildman–Crippen LogP) is 4.57. The number of nitrogens with zero attached hydrogens (tertiary/aromatic N) is 2. The Labute approximate surface area is 159 Å². The maximum Gasteiger partial charge on any atom is 0.287 e. The molecule has 0 saturated carbocycles. The van der Waals surface area contributed by atoms with Gasteiger partial charge in [0.25, 0.3) is 5.91 Å². The molecule has 2 heterocycles. The van der Waals surface area contributed by atoms with Crippen molar-refractivity contribution in [2.45, 2.75) is 6.54 Å². The highest BCUT2D eigenvalue weighted by molar-refractivity contribution is 6.08. The van der Waals surface area contributed by atoms with Crippen molar-refractivity contribution in [3.05, 3.63) is 84.4 Å². The number of benzene rings is 3. The minimum Gasteiger partial charge on any atom is -0.451 e. The minimum atomic E-state index is -0.334. The number of nitrogens with one attached hydrogen (secondary N) is 1. The molecule has 0 bridgehead atoms. The molecule has 0 fully saturated rings. The van der Waals surface area contributed by atoms with E-state index in [-0.39, 0.29) is 18.2 Å². The van der Waals surface area contributed by atoms with Crippen LogP contribution in [0, 0.1) is 0 Å². The lowest BCUT2D eigenvalue weighted by molar-refractivity contribution is 0.0920. The summed E-state index contributed by atoms with van der Waals surface area (Å²) >= 11 is 0. The molecule has 0 aliphatic rings. The number of fused-ring (bicyclic) bond motifs is 3. The van der Waals surface area contributed by atoms with Crippen molar-refractivity contribution in [2.75, 3.05) is 0 Å². The van der Waals surface area contributed by atoms with E-state index in [0.29, 0.717) is 17.3 Å². The highest BCUT2D eigenvalue weighted by Crippen LogP contribution is 2.28. The molecule has 6 nitrogen and oxygen atoms in total. The molecule has 0 aliphatic carbocycles. The molecule has 3 aromatic carbocycles. The van der Waals surface area contributed by atoms with Crippen LogP contribution in [0.15, 0.2) is 81.7 Å². The van der Waals surface area contributed by atoms with Gasteiger partial charge >= 0.3 is 0 Å². The summed E-state index contributed by atoms with van der Waals surface area (Å²) < 4.78 is 10.9. The zero-order chi connectivity index (χ0) is 18.9. The molecule has 5 aromatic rings. The van der Waals surface area contributed by atoms with Crippen LogP contribution in [-0.4, -0.2) is 16.0 Å². The molecule has 1 N–H and O–H groups in total. The van der Waals surface area contributed by atoms with Gasteiger partial charge in [-0.1, -0.05) is 65.8 Å². The third-order valence-electron chi connectivity index (χ3n) is 4.55. The number of carbonyl (C=O) groups excluding carboxylic acids is 1. The van der Waals surface area contributed by atoms with Gasteiger partial charge in [0.2, 0.25) is 11.7 Å². The van der Waals surface area contributed by atoms with E-state index >= 15 is 0 Å². The van der Waals surface area contributed by atoms with Crippen molar-refractivity contribution in [1.29, 1.82) is 0 Å². The Kier molecular flexibility index (Phi) is 3.87. The maximum absolute atomic E-state index is 12.5. The topological polar surface area (TPSA) is 81.2 Å². The standard InChI is InChI=1S/C22H15N3O3/c26-22(23-13-20-24-21(25-28-20)15-7-2-1-3-8-15)19-12-17-16-9-5-4-6-14(16)10-11-18(17)27-19/h1-12H,13H2,(H,23,26). The lowest BCUT2D eigenvalue weighted by atomic mass is 10.1. The van der Waals surface area contributed by atoms with E-state index in [1.807, 2.05) is 66.7 Å². The quantitative estimate of drug-likeness (QED) is 0.502. The first kappa shape index (κ1) is 16.3. The fourth-order valence-electron chi connectivity index (χ4n) is 3.18. The number of hydrogen-bond donors (Lipinski definition) is 1. The summed E-state index contributed by atoms with van der Waals surface area (Å²) in [4.78, 5) is 16.8. The van der Waals surface area contributed by atoms with E-state index in [0.717, 1.165) is 21.7 Å². The summed E-state index contributed by atoms with van der Waals surface area (Å²) in [5.74, 6) is 0.725. The third-order valence-corrected chi connectivity index (χ3v) is 4.55. The molecule has 0 aliphatic heterocycles. The Morgan fingerprint density at radius 3 is 2.64 bits per heavy atom. The van der Waals surface area contributed by atoms with Gasteiger partial charge in [0.1, 0.15) is 5.58 Å². The predicted molar refractivity (Wildman–Crippen MR) is 105 cm³/mol. The number of aromatic nitrogens is 2. The van der Waals surface area contributed by atoms with Gasteiger partial charge in [-0.25, -0.2) is 0 Å². The second-order valence-electron chi connectivity index (χ2n) is 6.37. The van der Waals surface area contributed by atoms with Gasteiger partial charge in [-0.2, -0.15) is 4.98 Å². The summed E-state index contributed by atoms with van der Waals surface area (Å²) in [5, 5.41) is 9.76. The van der Waals surface area contributed by atoms with Crippen molar-refractivity contribution in [3.8, 4) is 11.4 Å². The van der Waals surface area contributed by atoms with E-state index in [4.69, 9.17) is 8.94 Å². The zero-order valence-electron chi connectivity index (χ0n) is 14.8. The van der Waals surface area contributed by atoms with Gasteiger partial charge in [-0.05, 0) is 22.9 Å². The molecule has 0 spiro atoms. The smallest absolute Gasteiger partial charge is 0.287 e. The zero-order valence-corrected chi connectivity index (χ0v) is 14.8. The van der Waals surface area contributed by atoms with Crippen LogP contribution in [0.1, 0.15) is 16.4 Å². The first-order valence-electron chi connectivity index (χ1n) is 8.85. The molecule has 2 aromatic heterocycles. The van der Waals surface area contributed by atoms with E-state index < -0.39 is 0 Å². The van der Waals surface area contributed by atoms with Gasteiger partial charge < -0.3 is 14.3 Å². The maximum atomic E-state index is 12.5. The van der Waals surface area contributed by atoms with Crippen LogP contribution >= 0.6 is 0 Å². The molecular formula is C22H15N3O3. The molecule has 0 saturated heterocycles. The summed E-state index contributed by atoms with van der Waals surface area (Å²) in [6.07, 6.45) is 0. The fraction of sp³-hybridized carbons (Fsp3) is 0.0455. The lowest BCUT2D eigenvalue weighted by Crippen LogP contribution is -2.22. The van der Waals surface area contributed by atoms with E-state index in [2.05, 4.69) is 15.5 Å². The molecule has 1 amide bonds. The first-order valence-corrected chi connectivity index (χ1v) is 8.85. The van der Waals surface area contributed by atoms with Gasteiger partial charge in [0, 0.05) is 10.9 Å². The molecule has 0 unspecified atom stereocenters. The second-order valence-corrected chi connectivity index (χ2v) is 6.37. The van der Waals surface area contributed by atoms with Crippen molar-refractivity contribution in [2.24, 2.45) is 0 Å². The second kappa shape index (κ2) is 6.66. The van der Waals surface area contributed by atoms with Crippen molar-refractivity contribution in [3.63, 3.8) is 0 Å². The highest BCUT2D eigenvalue weighted by Gasteiger charge is 2.15. The van der Waals surface area contributed by atoms with Crippen LogP contribution in [0.3, 0.4) is 0 Å². The van der Waals surface area contributed by atoms with Crippen molar-refractivity contribution < 1.29 is 13.7 Å². The molecular weight excluding hydrogens is 354 g/mol. The Balaban J connectivity index is 1.35. The SMILES string of the molecule is O=C(NCc1nc(-c2ccccc2)no1)c1cc2c(ccc3ccccc32)o1. The van der Waals surface area contributed by atoms with Crippen LogP contribution in [0.5, 0.6) is 0 Å². The largest absolute Gasteiger partial charge is 0.451 e. The Morgan fingerprint density at radius 2 is 1.75 bits per heavy atom. The van der Waals surface area contributed by atoms with Gasteiger partial charge in [0.15, 0.2) is 5.76 Å². The first-order chi connectivity index (χ1) is 13.8. The van der Waals surface area contributed by atoms with Crippen molar-refractivity contribution >= 4 is 27.6 Å². The summed E-state index contributed by atoms with van der Waals surface area (Å²) in [5.41, 5.74) is 1.53. The lowest BCUT2D eigenvalue weighted by Gasteiger charge is -1.98. The van der Waals surface area contributed by atoms with E-state index in [1.165, 1.54) is 0 Å². The average molecular weight is 369 g/mol. The minimum absolute atomic E-state index is 0.121. The number of furan rings is 1. The van der Waals surface area contributed by atoms with Crippen LogP contribution in [0.25, 0.3) is 33.1 Å². The number of hydrogen-bond acceptors (Lipinski definition) is 5. The highest BCUT2D eigenvalue weighted by atomic mass is 16.5. The van der Waals surface area contributed by atoms with Gasteiger partial charge in [-0.3, -0.25) is 4.79 Å². The van der Waals surface area contributed by atoms with Gasteiger partial charge in [0.05, 0.1) is 6.54 Å². The van der Waals surface area contributed by atoms with E-state index in [1.54, 1.807) is 6.07 Å². The molecule has 28 heavy (non-hydrogen) atoms. The average Bonchev–Trinajstić information content (AvgIpc) is 3.40. The molecule has 0 radical (unpaired) electrons. The number of amides is 1. The van der Waals surface area contributed by atoms with Crippen LogP contribution in [0.2, 0.25) is 0 Å². The third kappa shape index (κ3) is 2.91. The summed E-state index contributed by atoms with van der Waals surface area (Å²) in [6, 6.07) is 23.1. The number of carbonyl (C=O) groups is 1. The van der Waals surface area contributed by atoms with Crippen LogP contribution in [0.4, 0.5) is 0 Å². The summed E-state index contributed by atoms with van der Waals surface area (Å²) in [6.45, 7) is 0.121. The Bertz CT molecular complexity index is 1290. The Hall–Kier alpha value is -3.93. The molecule has 6 heteroatoms. The van der Waals surface area contributed by atoms with Crippen molar-refractivity contribution in [1.82, 2.24) is 15.5 Å². The van der Waals surface area contributed by atoms with E-state index in [9.17, 15) is 4.79 Å². The Morgan fingerprint density at radius 1 is 0.929 bits per heavy atom. The molecule has 5 rings (SSSR count). The van der Waals surface area contributed by atoms with Crippen LogP contribution < -0.4 is 5.32 Å².